The number of hydrogen-bond donors (Lipinski definition) is 0. The van der Waals surface area contributed by atoms with Crippen LogP contribution in [-0.4, -0.2) is 30.5 Å². The van der Waals surface area contributed by atoms with Gasteiger partial charge in [-0.2, -0.15) is 0 Å². The minimum absolute atomic E-state index is 0.00769. The van der Waals surface area contributed by atoms with Crippen LogP contribution in [0.15, 0.2) is 10.2 Å². The van der Waals surface area contributed by atoms with E-state index in [0.717, 1.165) is 12.8 Å². The van der Waals surface area contributed by atoms with Crippen LogP contribution in [0.4, 0.5) is 0 Å². The zero-order valence-corrected chi connectivity index (χ0v) is 15.4. The van der Waals surface area contributed by atoms with Crippen molar-refractivity contribution in [3.05, 3.63) is 10.2 Å². The molecular formula is C15H28O2Sn. The summed E-state index contributed by atoms with van der Waals surface area (Å²) in [5.41, 5.74) is 0. The van der Waals surface area contributed by atoms with E-state index in [0.29, 0.717) is 5.92 Å². The van der Waals surface area contributed by atoms with Crippen molar-refractivity contribution < 1.29 is 9.53 Å². The van der Waals surface area contributed by atoms with Gasteiger partial charge in [0.05, 0.1) is 0 Å². The summed E-state index contributed by atoms with van der Waals surface area (Å²) in [6.45, 7) is 3.80. The molecule has 1 rings (SSSR count). The standard InChI is InChI=1S/C12H19O2.3CH3.Sn/c1-4-10-6-5-7-11(8-10)14-12(13)9(2)3;;;;/h1,4,9-11H,5-8H2,2-3H3;3*1H3;/t10-,11+;;;;/m1..../s1. The Morgan fingerprint density at radius 1 is 1.28 bits per heavy atom. The van der Waals surface area contributed by atoms with E-state index in [1.807, 2.05) is 13.8 Å². The molecule has 0 bridgehead atoms. The molecule has 18 heavy (non-hydrogen) atoms. The maximum absolute atomic E-state index is 11.6. The Balaban J connectivity index is 2.46. The normalized spacial score (nSPS) is 25.7. The van der Waals surface area contributed by atoms with Gasteiger partial charge in [0.15, 0.2) is 0 Å². The van der Waals surface area contributed by atoms with Gasteiger partial charge in [0.1, 0.15) is 0 Å². The Bertz CT molecular complexity index is 302. The zero-order chi connectivity index (χ0) is 13.8. The van der Waals surface area contributed by atoms with Gasteiger partial charge in [-0.15, -0.1) is 0 Å². The number of rotatable bonds is 4. The second-order valence-electron chi connectivity index (χ2n) is 6.87. The van der Waals surface area contributed by atoms with E-state index >= 15 is 0 Å². The van der Waals surface area contributed by atoms with Crippen LogP contribution in [0.1, 0.15) is 39.5 Å². The predicted octanol–water partition coefficient (Wildman–Crippen LogP) is 4.18. The van der Waals surface area contributed by atoms with Crippen molar-refractivity contribution in [1.82, 2.24) is 0 Å². The average molecular weight is 359 g/mol. The number of carbonyl (C=O) groups is 1. The molecule has 0 heterocycles. The maximum atomic E-state index is 11.6. The molecule has 0 unspecified atom stereocenters. The predicted molar refractivity (Wildman–Crippen MR) is 79.2 cm³/mol. The number of hydrogen-bond acceptors (Lipinski definition) is 2. The summed E-state index contributed by atoms with van der Waals surface area (Å²) in [5.74, 6) is 0.575. The van der Waals surface area contributed by atoms with Gasteiger partial charge in [-0.1, -0.05) is 0 Å². The van der Waals surface area contributed by atoms with Gasteiger partial charge in [-0.3, -0.25) is 0 Å². The molecule has 2 atom stereocenters. The molecule has 0 amide bonds. The summed E-state index contributed by atoms with van der Waals surface area (Å²) in [6.07, 6.45) is 7.07. The van der Waals surface area contributed by atoms with E-state index in [-0.39, 0.29) is 18.0 Å². The Kier molecular flexibility index (Phi) is 6.22. The summed E-state index contributed by atoms with van der Waals surface area (Å²) < 4.78 is 8.05. The van der Waals surface area contributed by atoms with Crippen molar-refractivity contribution in [3.63, 3.8) is 0 Å². The molecule has 1 aliphatic rings. The SMILES string of the molecule is CC(C)C(=O)O[C@H]1CCC[C@@H](/C=[CH]\[Sn]([CH3])([CH3])[CH3])C1. The molecule has 0 N–H and O–H groups in total. The quantitative estimate of drug-likeness (QED) is 0.556. The van der Waals surface area contributed by atoms with Crippen molar-refractivity contribution >= 4 is 24.3 Å². The molecular weight excluding hydrogens is 331 g/mol. The van der Waals surface area contributed by atoms with E-state index in [9.17, 15) is 4.79 Å². The number of esters is 1. The molecule has 0 aliphatic heterocycles. The second kappa shape index (κ2) is 6.97. The minimum atomic E-state index is -1.79. The van der Waals surface area contributed by atoms with Crippen LogP contribution in [0, 0.1) is 11.8 Å². The average Bonchev–Trinajstić information content (AvgIpc) is 2.26. The van der Waals surface area contributed by atoms with Crippen LogP contribution in [0.3, 0.4) is 0 Å². The fourth-order valence-corrected chi connectivity index (χ4v) is 4.61. The molecule has 1 fully saturated rings. The summed E-state index contributed by atoms with van der Waals surface area (Å²) in [6, 6.07) is 0. The first kappa shape index (κ1) is 16.1. The first-order chi connectivity index (χ1) is 8.28. The summed E-state index contributed by atoms with van der Waals surface area (Å²) in [7, 11) is 0. The second-order valence-corrected chi connectivity index (χ2v) is 21.3. The summed E-state index contributed by atoms with van der Waals surface area (Å²) in [4.78, 5) is 18.9. The van der Waals surface area contributed by atoms with Crippen LogP contribution in [0.5, 0.6) is 0 Å². The van der Waals surface area contributed by atoms with E-state index in [2.05, 4.69) is 25.0 Å². The molecule has 104 valence electrons. The molecule has 2 nitrogen and oxygen atoms in total. The molecule has 3 heteroatoms. The third-order valence-electron chi connectivity index (χ3n) is 3.29. The first-order valence-electron chi connectivity index (χ1n) is 7.18. The third kappa shape index (κ3) is 6.26. The molecule has 1 saturated carbocycles. The van der Waals surface area contributed by atoms with Crippen LogP contribution < -0.4 is 0 Å². The van der Waals surface area contributed by atoms with Crippen molar-refractivity contribution in [1.29, 1.82) is 0 Å². The molecule has 0 saturated heterocycles. The summed E-state index contributed by atoms with van der Waals surface area (Å²) >= 11 is -1.79. The van der Waals surface area contributed by atoms with Gasteiger partial charge in [0.25, 0.3) is 0 Å². The van der Waals surface area contributed by atoms with Crippen LogP contribution in [0.25, 0.3) is 0 Å². The van der Waals surface area contributed by atoms with Crippen LogP contribution >= 0.6 is 0 Å². The monoisotopic (exact) mass is 360 g/mol. The van der Waals surface area contributed by atoms with Crippen molar-refractivity contribution in [2.24, 2.45) is 11.8 Å². The first-order valence-corrected chi connectivity index (χ1v) is 17.4. The fourth-order valence-electron chi connectivity index (χ4n) is 2.19. The van der Waals surface area contributed by atoms with E-state index in [1.54, 1.807) is 0 Å². The van der Waals surface area contributed by atoms with E-state index < -0.39 is 18.4 Å². The van der Waals surface area contributed by atoms with E-state index in [4.69, 9.17) is 4.74 Å². The number of ether oxygens (including phenoxy) is 1. The molecule has 0 aromatic rings. The van der Waals surface area contributed by atoms with Crippen molar-refractivity contribution in [2.45, 2.75) is 60.5 Å². The van der Waals surface area contributed by atoms with E-state index in [1.165, 1.54) is 12.8 Å². The molecule has 0 spiro atoms. The topological polar surface area (TPSA) is 26.3 Å². The molecule has 0 aromatic heterocycles. The van der Waals surface area contributed by atoms with Gasteiger partial charge in [0, 0.05) is 0 Å². The Morgan fingerprint density at radius 2 is 1.94 bits per heavy atom. The zero-order valence-electron chi connectivity index (χ0n) is 12.5. The molecule has 1 aliphatic carbocycles. The Morgan fingerprint density at radius 3 is 2.50 bits per heavy atom. The molecule has 0 aromatic carbocycles. The van der Waals surface area contributed by atoms with Crippen molar-refractivity contribution in [3.8, 4) is 0 Å². The van der Waals surface area contributed by atoms with Crippen molar-refractivity contribution in [2.75, 3.05) is 0 Å². The van der Waals surface area contributed by atoms with Crippen LogP contribution in [-0.2, 0) is 9.53 Å². The molecule has 0 radical (unpaired) electrons. The fraction of sp³-hybridized carbons (Fsp3) is 0.800. The summed E-state index contributed by atoms with van der Waals surface area (Å²) in [5, 5.41) is 0. The van der Waals surface area contributed by atoms with Gasteiger partial charge in [-0.05, 0) is 0 Å². The van der Waals surface area contributed by atoms with Gasteiger partial charge in [-0.25, -0.2) is 0 Å². The number of allylic oxidation sites excluding steroid dienone is 1. The van der Waals surface area contributed by atoms with Crippen LogP contribution in [0.2, 0.25) is 14.8 Å². The third-order valence-corrected chi connectivity index (χ3v) is 6.69. The Hall–Kier alpha value is 0.00870. The van der Waals surface area contributed by atoms with Gasteiger partial charge in [0.2, 0.25) is 0 Å². The Labute approximate surface area is 116 Å². The van der Waals surface area contributed by atoms with Gasteiger partial charge >= 0.3 is 116 Å². The van der Waals surface area contributed by atoms with Gasteiger partial charge < -0.3 is 0 Å². The number of carbonyl (C=O) groups excluding carboxylic acids is 1.